The van der Waals surface area contributed by atoms with Gasteiger partial charge in [-0.15, -0.1) is 0 Å². The molecule has 0 bridgehead atoms. The molecule has 1 N–H and O–H groups in total. The molecule has 0 aromatic rings. The minimum absolute atomic E-state index is 0.988. The van der Waals surface area contributed by atoms with Crippen molar-refractivity contribution in [3.8, 4) is 0 Å². The van der Waals surface area contributed by atoms with Gasteiger partial charge in [-0.05, 0) is 44.2 Å². The largest absolute Gasteiger partial charge is 0.317 e. The summed E-state index contributed by atoms with van der Waals surface area (Å²) in [6.07, 6.45) is 17.3. The van der Waals surface area contributed by atoms with E-state index in [0.717, 1.165) is 11.8 Å². The molecule has 19 heavy (non-hydrogen) atoms. The molecule has 0 aromatic carbocycles. The van der Waals surface area contributed by atoms with Crippen LogP contribution in [0, 0.1) is 11.8 Å². The molecule has 1 fully saturated rings. The van der Waals surface area contributed by atoms with Crippen LogP contribution >= 0.6 is 0 Å². The fourth-order valence-corrected chi connectivity index (χ4v) is 3.46. The van der Waals surface area contributed by atoms with Gasteiger partial charge < -0.3 is 5.32 Å². The zero-order valence-electron chi connectivity index (χ0n) is 13.6. The molecule has 0 heterocycles. The Hall–Kier alpha value is -0.0400. The fraction of sp³-hybridized carbons (Fsp3) is 1.00. The topological polar surface area (TPSA) is 12.0 Å². The van der Waals surface area contributed by atoms with Crippen molar-refractivity contribution < 1.29 is 0 Å². The van der Waals surface area contributed by atoms with E-state index in [2.05, 4.69) is 19.2 Å². The third-order valence-electron chi connectivity index (χ3n) is 4.73. The zero-order chi connectivity index (χ0) is 13.8. The van der Waals surface area contributed by atoms with Gasteiger partial charge in [0.15, 0.2) is 0 Å². The fourth-order valence-electron chi connectivity index (χ4n) is 3.46. The van der Waals surface area contributed by atoms with E-state index in [1.807, 2.05) is 0 Å². The highest BCUT2D eigenvalue weighted by molar-refractivity contribution is 4.71. The van der Waals surface area contributed by atoms with Gasteiger partial charge in [-0.25, -0.2) is 0 Å². The van der Waals surface area contributed by atoms with Crippen LogP contribution in [0.2, 0.25) is 0 Å². The summed E-state index contributed by atoms with van der Waals surface area (Å²) < 4.78 is 0. The minimum atomic E-state index is 0.988. The second-order valence-electron chi connectivity index (χ2n) is 6.80. The van der Waals surface area contributed by atoms with Crippen LogP contribution in [-0.4, -0.2) is 13.1 Å². The first-order chi connectivity index (χ1) is 9.33. The Morgan fingerprint density at radius 1 is 0.895 bits per heavy atom. The molecule has 1 nitrogen and oxygen atoms in total. The van der Waals surface area contributed by atoms with Crippen molar-refractivity contribution >= 4 is 0 Å². The van der Waals surface area contributed by atoms with E-state index in [9.17, 15) is 0 Å². The highest BCUT2D eigenvalue weighted by Gasteiger charge is 2.17. The molecule has 114 valence electrons. The molecule has 2 unspecified atom stereocenters. The number of hydrogen-bond acceptors (Lipinski definition) is 1. The Balaban J connectivity index is 1.78. The first-order valence-corrected chi connectivity index (χ1v) is 9.03. The standard InChI is InChI=1S/C18H37N/c1-3-4-5-6-7-8-9-14-19-15-13-18-12-10-11-17(2)16-18/h17-19H,3-16H2,1-2H3. The Kier molecular flexibility index (Phi) is 10.5. The Morgan fingerprint density at radius 2 is 1.63 bits per heavy atom. The summed E-state index contributed by atoms with van der Waals surface area (Å²) in [5, 5.41) is 3.65. The lowest BCUT2D eigenvalue weighted by Gasteiger charge is -2.26. The average Bonchev–Trinajstić information content (AvgIpc) is 2.41. The highest BCUT2D eigenvalue weighted by Crippen LogP contribution is 2.30. The minimum Gasteiger partial charge on any atom is -0.317 e. The maximum Gasteiger partial charge on any atom is -0.00463 e. The molecule has 0 aliphatic heterocycles. The number of rotatable bonds is 11. The lowest BCUT2D eigenvalue weighted by Crippen LogP contribution is -2.22. The molecule has 0 saturated heterocycles. The maximum absolute atomic E-state index is 3.65. The van der Waals surface area contributed by atoms with E-state index in [1.54, 1.807) is 0 Å². The van der Waals surface area contributed by atoms with Crippen molar-refractivity contribution in [2.24, 2.45) is 11.8 Å². The van der Waals surface area contributed by atoms with Crippen LogP contribution in [0.4, 0.5) is 0 Å². The van der Waals surface area contributed by atoms with Gasteiger partial charge in [0.1, 0.15) is 0 Å². The molecule has 0 amide bonds. The van der Waals surface area contributed by atoms with Gasteiger partial charge in [-0.2, -0.15) is 0 Å². The van der Waals surface area contributed by atoms with Gasteiger partial charge >= 0.3 is 0 Å². The highest BCUT2D eigenvalue weighted by atomic mass is 14.8. The molecular weight excluding hydrogens is 230 g/mol. The molecule has 1 rings (SSSR count). The van der Waals surface area contributed by atoms with Crippen LogP contribution in [0.15, 0.2) is 0 Å². The summed E-state index contributed by atoms with van der Waals surface area (Å²) in [6.45, 7) is 7.22. The van der Waals surface area contributed by atoms with Crippen molar-refractivity contribution in [3.63, 3.8) is 0 Å². The zero-order valence-corrected chi connectivity index (χ0v) is 13.6. The van der Waals surface area contributed by atoms with Gasteiger partial charge in [-0.3, -0.25) is 0 Å². The van der Waals surface area contributed by atoms with E-state index >= 15 is 0 Å². The van der Waals surface area contributed by atoms with Gasteiger partial charge in [0.05, 0.1) is 0 Å². The van der Waals surface area contributed by atoms with Crippen LogP contribution in [0.25, 0.3) is 0 Å². The van der Waals surface area contributed by atoms with E-state index < -0.39 is 0 Å². The van der Waals surface area contributed by atoms with Crippen molar-refractivity contribution in [1.82, 2.24) is 5.32 Å². The predicted octanol–water partition coefficient (Wildman–Crippen LogP) is 5.54. The second-order valence-corrected chi connectivity index (χ2v) is 6.80. The maximum atomic E-state index is 3.65. The van der Waals surface area contributed by atoms with Crippen LogP contribution in [0.1, 0.15) is 90.9 Å². The lowest BCUT2D eigenvalue weighted by atomic mass is 9.81. The van der Waals surface area contributed by atoms with E-state index in [-0.39, 0.29) is 0 Å². The summed E-state index contributed by atoms with van der Waals surface area (Å²) in [5.41, 5.74) is 0. The van der Waals surface area contributed by atoms with Gasteiger partial charge in [0.2, 0.25) is 0 Å². The van der Waals surface area contributed by atoms with Crippen molar-refractivity contribution in [2.75, 3.05) is 13.1 Å². The normalized spacial score (nSPS) is 23.7. The van der Waals surface area contributed by atoms with Crippen molar-refractivity contribution in [3.05, 3.63) is 0 Å². The van der Waals surface area contributed by atoms with E-state index in [0.29, 0.717) is 0 Å². The average molecular weight is 268 g/mol. The summed E-state index contributed by atoms with van der Waals surface area (Å²) in [4.78, 5) is 0. The Labute approximate surface area is 121 Å². The van der Waals surface area contributed by atoms with E-state index in [4.69, 9.17) is 0 Å². The molecule has 1 saturated carbocycles. The predicted molar refractivity (Wildman–Crippen MR) is 86.6 cm³/mol. The van der Waals surface area contributed by atoms with Gasteiger partial charge in [-0.1, -0.05) is 71.6 Å². The molecule has 0 radical (unpaired) electrons. The van der Waals surface area contributed by atoms with Gasteiger partial charge in [0.25, 0.3) is 0 Å². The molecular formula is C18H37N. The van der Waals surface area contributed by atoms with Crippen LogP contribution in [0.5, 0.6) is 0 Å². The number of hydrogen-bond donors (Lipinski definition) is 1. The first kappa shape index (κ1) is 17.0. The van der Waals surface area contributed by atoms with E-state index in [1.165, 1.54) is 90.1 Å². The van der Waals surface area contributed by atoms with Crippen molar-refractivity contribution in [2.45, 2.75) is 90.9 Å². The second kappa shape index (κ2) is 11.8. The number of nitrogens with one attached hydrogen (secondary N) is 1. The molecule has 0 spiro atoms. The monoisotopic (exact) mass is 267 g/mol. The molecule has 0 aromatic heterocycles. The quantitative estimate of drug-likeness (QED) is 0.484. The summed E-state index contributed by atoms with van der Waals surface area (Å²) in [6, 6.07) is 0. The summed E-state index contributed by atoms with van der Waals surface area (Å²) >= 11 is 0. The summed E-state index contributed by atoms with van der Waals surface area (Å²) in [7, 11) is 0. The first-order valence-electron chi connectivity index (χ1n) is 9.03. The third-order valence-corrected chi connectivity index (χ3v) is 4.73. The molecule has 1 aliphatic rings. The van der Waals surface area contributed by atoms with Crippen LogP contribution in [-0.2, 0) is 0 Å². The molecule has 1 heteroatoms. The Morgan fingerprint density at radius 3 is 2.37 bits per heavy atom. The number of unbranched alkanes of at least 4 members (excludes halogenated alkanes) is 6. The smallest absolute Gasteiger partial charge is 0.00463 e. The molecule has 1 aliphatic carbocycles. The van der Waals surface area contributed by atoms with Crippen LogP contribution in [0.3, 0.4) is 0 Å². The lowest BCUT2D eigenvalue weighted by molar-refractivity contribution is 0.267. The summed E-state index contributed by atoms with van der Waals surface area (Å²) in [5.74, 6) is 2.01. The Bertz CT molecular complexity index is 190. The van der Waals surface area contributed by atoms with Gasteiger partial charge in [0, 0.05) is 0 Å². The van der Waals surface area contributed by atoms with Crippen LogP contribution < -0.4 is 5.32 Å². The SMILES string of the molecule is CCCCCCCCCNCCC1CCCC(C)C1. The van der Waals surface area contributed by atoms with Crippen molar-refractivity contribution in [1.29, 1.82) is 0 Å². The molecule has 2 atom stereocenters. The third kappa shape index (κ3) is 9.49.